The number of fused-ring (bicyclic) bond motifs is 1. The molecule has 2 amide bonds. The first kappa shape index (κ1) is 18.3. The molecule has 0 spiro atoms. The second kappa shape index (κ2) is 8.76. The molecule has 1 aromatic heterocycles. The van der Waals surface area contributed by atoms with Crippen LogP contribution in [0.5, 0.6) is 0 Å². The lowest BCUT2D eigenvalue weighted by Gasteiger charge is -2.18. The molecule has 0 atom stereocenters. The standard InChI is InChI=1S/C20H24N4OS/c1-23(14-16-8-10-17(26-2)11-9-16)20(25)21-12-5-13-24-15-22-18-6-3-4-7-19(18)24/h3-4,6-11,15H,5,12-14H2,1-2H3,(H,21,25). The smallest absolute Gasteiger partial charge is 0.317 e. The Morgan fingerprint density at radius 1 is 1.19 bits per heavy atom. The quantitative estimate of drug-likeness (QED) is 0.507. The van der Waals surface area contributed by atoms with Gasteiger partial charge in [0.25, 0.3) is 0 Å². The van der Waals surface area contributed by atoms with E-state index in [2.05, 4.69) is 51.5 Å². The van der Waals surface area contributed by atoms with Crippen molar-refractivity contribution in [2.24, 2.45) is 0 Å². The third kappa shape index (κ3) is 4.58. The number of aromatic nitrogens is 2. The first-order chi connectivity index (χ1) is 12.7. The highest BCUT2D eigenvalue weighted by Gasteiger charge is 2.08. The summed E-state index contributed by atoms with van der Waals surface area (Å²) in [6.07, 6.45) is 4.78. The van der Waals surface area contributed by atoms with E-state index in [0.29, 0.717) is 13.1 Å². The molecule has 0 fully saturated rings. The van der Waals surface area contributed by atoms with Crippen molar-refractivity contribution in [2.45, 2.75) is 24.4 Å². The highest BCUT2D eigenvalue weighted by molar-refractivity contribution is 7.98. The van der Waals surface area contributed by atoms with E-state index in [0.717, 1.165) is 29.6 Å². The van der Waals surface area contributed by atoms with Gasteiger partial charge in [0, 0.05) is 31.6 Å². The van der Waals surface area contributed by atoms with Crippen LogP contribution in [0.1, 0.15) is 12.0 Å². The van der Waals surface area contributed by atoms with Crippen molar-refractivity contribution in [2.75, 3.05) is 19.8 Å². The van der Waals surface area contributed by atoms with Gasteiger partial charge in [-0.25, -0.2) is 9.78 Å². The molecule has 3 aromatic rings. The minimum absolute atomic E-state index is 0.0468. The van der Waals surface area contributed by atoms with E-state index in [-0.39, 0.29) is 6.03 Å². The molecule has 2 aromatic carbocycles. The van der Waals surface area contributed by atoms with Crippen molar-refractivity contribution in [1.29, 1.82) is 0 Å². The van der Waals surface area contributed by atoms with E-state index >= 15 is 0 Å². The second-order valence-corrected chi connectivity index (χ2v) is 7.10. The zero-order valence-corrected chi connectivity index (χ0v) is 16.0. The summed E-state index contributed by atoms with van der Waals surface area (Å²) in [6, 6.07) is 16.3. The van der Waals surface area contributed by atoms with Crippen LogP contribution in [0.15, 0.2) is 59.8 Å². The number of hydrogen-bond acceptors (Lipinski definition) is 3. The van der Waals surface area contributed by atoms with Gasteiger partial charge in [-0.15, -0.1) is 11.8 Å². The summed E-state index contributed by atoms with van der Waals surface area (Å²) >= 11 is 1.72. The molecule has 0 bridgehead atoms. The van der Waals surface area contributed by atoms with Gasteiger partial charge < -0.3 is 14.8 Å². The molecule has 0 saturated heterocycles. The molecule has 6 heteroatoms. The topological polar surface area (TPSA) is 50.2 Å². The fourth-order valence-corrected chi connectivity index (χ4v) is 3.25. The number of rotatable bonds is 7. The van der Waals surface area contributed by atoms with Crippen molar-refractivity contribution in [3.63, 3.8) is 0 Å². The van der Waals surface area contributed by atoms with Crippen LogP contribution in [0.4, 0.5) is 4.79 Å². The number of para-hydroxylation sites is 2. The lowest BCUT2D eigenvalue weighted by molar-refractivity contribution is 0.206. The summed E-state index contributed by atoms with van der Waals surface area (Å²) in [5.74, 6) is 0. The van der Waals surface area contributed by atoms with Crippen LogP contribution in [0.25, 0.3) is 11.0 Å². The first-order valence-electron chi connectivity index (χ1n) is 8.69. The summed E-state index contributed by atoms with van der Waals surface area (Å²) in [4.78, 5) is 19.6. The number of carbonyl (C=O) groups excluding carboxylic acids is 1. The highest BCUT2D eigenvalue weighted by Crippen LogP contribution is 2.15. The predicted octanol–water partition coefficient (Wildman–Crippen LogP) is 3.99. The Morgan fingerprint density at radius 3 is 2.73 bits per heavy atom. The molecule has 0 saturated carbocycles. The van der Waals surface area contributed by atoms with Crippen molar-refractivity contribution < 1.29 is 4.79 Å². The van der Waals surface area contributed by atoms with Crippen LogP contribution < -0.4 is 5.32 Å². The van der Waals surface area contributed by atoms with Crippen LogP contribution in [-0.4, -0.2) is 40.3 Å². The lowest BCUT2D eigenvalue weighted by atomic mass is 10.2. The Kier molecular flexibility index (Phi) is 6.17. The average Bonchev–Trinajstić information content (AvgIpc) is 3.09. The molecule has 136 valence electrons. The number of benzene rings is 2. The molecular weight excluding hydrogens is 344 g/mol. The normalized spacial score (nSPS) is 10.8. The van der Waals surface area contributed by atoms with Gasteiger partial charge in [0.2, 0.25) is 0 Å². The van der Waals surface area contributed by atoms with Gasteiger partial charge in [-0.1, -0.05) is 24.3 Å². The molecular formula is C20H24N4OS. The van der Waals surface area contributed by atoms with Gasteiger partial charge in [-0.3, -0.25) is 0 Å². The summed E-state index contributed by atoms with van der Waals surface area (Å²) in [7, 11) is 1.82. The number of thioether (sulfide) groups is 1. The van der Waals surface area contributed by atoms with Crippen LogP contribution in [-0.2, 0) is 13.1 Å². The van der Waals surface area contributed by atoms with E-state index in [1.807, 2.05) is 31.6 Å². The predicted molar refractivity (Wildman–Crippen MR) is 107 cm³/mol. The number of aryl methyl sites for hydroxylation is 1. The number of hydrogen-bond donors (Lipinski definition) is 1. The van der Waals surface area contributed by atoms with E-state index in [9.17, 15) is 4.79 Å². The molecule has 5 nitrogen and oxygen atoms in total. The highest BCUT2D eigenvalue weighted by atomic mass is 32.2. The van der Waals surface area contributed by atoms with Crippen LogP contribution in [0.3, 0.4) is 0 Å². The van der Waals surface area contributed by atoms with Crippen molar-refractivity contribution in [3.05, 3.63) is 60.4 Å². The molecule has 0 unspecified atom stereocenters. The Morgan fingerprint density at radius 2 is 1.96 bits per heavy atom. The van der Waals surface area contributed by atoms with Crippen LogP contribution >= 0.6 is 11.8 Å². The summed E-state index contributed by atoms with van der Waals surface area (Å²) < 4.78 is 2.12. The molecule has 26 heavy (non-hydrogen) atoms. The Hall–Kier alpha value is -2.47. The fourth-order valence-electron chi connectivity index (χ4n) is 2.84. The summed E-state index contributed by atoms with van der Waals surface area (Å²) in [6.45, 7) is 2.08. The van der Waals surface area contributed by atoms with Gasteiger partial charge >= 0.3 is 6.03 Å². The fraction of sp³-hybridized carbons (Fsp3) is 0.300. The molecule has 0 radical (unpaired) electrons. The maximum atomic E-state index is 12.2. The van der Waals surface area contributed by atoms with Gasteiger partial charge in [-0.05, 0) is 42.5 Å². The molecule has 3 rings (SSSR count). The van der Waals surface area contributed by atoms with Gasteiger partial charge in [0.15, 0.2) is 0 Å². The van der Waals surface area contributed by atoms with E-state index in [1.54, 1.807) is 16.7 Å². The number of nitrogens with one attached hydrogen (secondary N) is 1. The summed E-state index contributed by atoms with van der Waals surface area (Å²) in [5.41, 5.74) is 3.26. The van der Waals surface area contributed by atoms with Crippen molar-refractivity contribution >= 4 is 28.8 Å². The maximum absolute atomic E-state index is 12.2. The lowest BCUT2D eigenvalue weighted by Crippen LogP contribution is -2.37. The first-order valence-corrected chi connectivity index (χ1v) is 9.91. The number of urea groups is 1. The number of imidazole rings is 1. The summed E-state index contributed by atoms with van der Waals surface area (Å²) in [5, 5.41) is 2.98. The third-order valence-electron chi connectivity index (χ3n) is 4.30. The van der Waals surface area contributed by atoms with Crippen LogP contribution in [0, 0.1) is 0 Å². The average molecular weight is 369 g/mol. The zero-order valence-electron chi connectivity index (χ0n) is 15.2. The van der Waals surface area contributed by atoms with Gasteiger partial charge in [0.1, 0.15) is 0 Å². The largest absolute Gasteiger partial charge is 0.338 e. The Balaban J connectivity index is 1.43. The minimum atomic E-state index is -0.0468. The van der Waals surface area contributed by atoms with E-state index < -0.39 is 0 Å². The molecule has 0 aliphatic heterocycles. The maximum Gasteiger partial charge on any atom is 0.317 e. The molecule has 1 N–H and O–H groups in total. The zero-order chi connectivity index (χ0) is 18.4. The van der Waals surface area contributed by atoms with Gasteiger partial charge in [-0.2, -0.15) is 0 Å². The van der Waals surface area contributed by atoms with Crippen molar-refractivity contribution in [3.8, 4) is 0 Å². The second-order valence-electron chi connectivity index (χ2n) is 6.22. The number of carbonyl (C=O) groups is 1. The van der Waals surface area contributed by atoms with Crippen molar-refractivity contribution in [1.82, 2.24) is 19.8 Å². The minimum Gasteiger partial charge on any atom is -0.338 e. The Bertz CT molecular complexity index is 860. The van der Waals surface area contributed by atoms with Crippen LogP contribution in [0.2, 0.25) is 0 Å². The monoisotopic (exact) mass is 368 g/mol. The van der Waals surface area contributed by atoms with E-state index in [1.165, 1.54) is 4.90 Å². The molecule has 0 aliphatic carbocycles. The van der Waals surface area contributed by atoms with E-state index in [4.69, 9.17) is 0 Å². The molecule has 0 aliphatic rings. The SMILES string of the molecule is CSc1ccc(CN(C)C(=O)NCCCn2cnc3ccccc32)cc1. The molecule has 1 heterocycles. The third-order valence-corrected chi connectivity index (χ3v) is 5.05. The number of nitrogens with zero attached hydrogens (tertiary/aromatic N) is 3. The van der Waals surface area contributed by atoms with Gasteiger partial charge in [0.05, 0.1) is 17.4 Å². The number of amides is 2. The Labute approximate surface area is 158 Å².